The summed E-state index contributed by atoms with van der Waals surface area (Å²) in [6.07, 6.45) is 1.84. The second kappa shape index (κ2) is 5.20. The predicted molar refractivity (Wildman–Crippen MR) is 64.5 cm³/mol. The molecule has 0 bridgehead atoms. The summed E-state index contributed by atoms with van der Waals surface area (Å²) in [6.45, 7) is 10.6. The molecular weight excluding hydrogens is 190 g/mol. The number of pyridine rings is 1. The van der Waals surface area contributed by atoms with Crippen LogP contribution in [0.1, 0.15) is 26.3 Å². The molecule has 0 saturated carbocycles. The molecule has 76 valence electrons. The van der Waals surface area contributed by atoms with E-state index in [9.17, 15) is 0 Å². The zero-order valence-electron chi connectivity index (χ0n) is 9.08. The highest BCUT2D eigenvalue weighted by Crippen LogP contribution is 2.28. The van der Waals surface area contributed by atoms with Crippen molar-refractivity contribution >= 4 is 17.3 Å². The molecule has 0 aliphatic carbocycles. The van der Waals surface area contributed by atoms with Crippen molar-refractivity contribution in [1.29, 1.82) is 0 Å². The van der Waals surface area contributed by atoms with E-state index < -0.39 is 0 Å². The molecule has 1 nitrogen and oxygen atoms in total. The molecule has 0 aromatic carbocycles. The van der Waals surface area contributed by atoms with Gasteiger partial charge in [0, 0.05) is 11.8 Å². The second-order valence-electron chi connectivity index (χ2n) is 3.47. The molecule has 0 radical (unpaired) electrons. The third kappa shape index (κ3) is 2.61. The molecule has 14 heavy (non-hydrogen) atoms. The van der Waals surface area contributed by atoms with E-state index >= 15 is 0 Å². The first-order valence-corrected chi connectivity index (χ1v) is 5.92. The zero-order valence-corrected chi connectivity index (χ0v) is 9.90. The number of nitrogens with zero attached hydrogens (tertiary/aromatic N) is 1. The zero-order chi connectivity index (χ0) is 10.6. The number of allylic oxidation sites excluding steroid dienone is 1. The smallest absolute Gasteiger partial charge is 0.103 e. The van der Waals surface area contributed by atoms with Crippen molar-refractivity contribution in [2.75, 3.05) is 5.75 Å². The summed E-state index contributed by atoms with van der Waals surface area (Å²) in [5.74, 6) is 1.53. The quantitative estimate of drug-likeness (QED) is 0.695. The van der Waals surface area contributed by atoms with Crippen LogP contribution in [0.15, 0.2) is 29.9 Å². The summed E-state index contributed by atoms with van der Waals surface area (Å²) in [4.78, 5) is 4.37. The minimum atomic E-state index is 0.482. The summed E-state index contributed by atoms with van der Waals surface area (Å²) in [5.41, 5.74) is 2.38. The predicted octanol–water partition coefficient (Wildman–Crippen LogP) is 3.86. The van der Waals surface area contributed by atoms with E-state index in [2.05, 4.69) is 38.4 Å². The molecule has 2 heteroatoms. The highest BCUT2D eigenvalue weighted by molar-refractivity contribution is 7.99. The van der Waals surface area contributed by atoms with Gasteiger partial charge in [0.1, 0.15) is 5.03 Å². The number of hydrogen-bond donors (Lipinski definition) is 0. The Balaban J connectivity index is 3.00. The van der Waals surface area contributed by atoms with Gasteiger partial charge in [-0.1, -0.05) is 33.4 Å². The van der Waals surface area contributed by atoms with E-state index in [0.29, 0.717) is 5.92 Å². The molecule has 0 amide bonds. The van der Waals surface area contributed by atoms with Gasteiger partial charge >= 0.3 is 0 Å². The third-order valence-electron chi connectivity index (χ3n) is 2.10. The third-order valence-corrected chi connectivity index (χ3v) is 2.98. The highest BCUT2D eigenvalue weighted by Gasteiger charge is 2.09. The first kappa shape index (κ1) is 11.3. The Kier molecular flexibility index (Phi) is 4.21. The van der Waals surface area contributed by atoms with E-state index in [1.807, 2.05) is 12.3 Å². The normalized spacial score (nSPS) is 10.6. The number of thioether (sulfide) groups is 1. The first-order valence-electron chi connectivity index (χ1n) is 4.93. The lowest BCUT2D eigenvalue weighted by Crippen LogP contribution is -1.96. The molecule has 0 aliphatic heterocycles. The second-order valence-corrected chi connectivity index (χ2v) is 4.72. The van der Waals surface area contributed by atoms with Crippen molar-refractivity contribution in [2.24, 2.45) is 5.92 Å². The Hall–Kier alpha value is -0.760. The average molecular weight is 207 g/mol. The van der Waals surface area contributed by atoms with Gasteiger partial charge in [-0.3, -0.25) is 0 Å². The van der Waals surface area contributed by atoms with Crippen molar-refractivity contribution < 1.29 is 0 Å². The fourth-order valence-electron chi connectivity index (χ4n) is 1.20. The Morgan fingerprint density at radius 3 is 2.86 bits per heavy atom. The fourth-order valence-corrected chi connectivity index (χ4v) is 1.96. The Morgan fingerprint density at radius 2 is 2.29 bits per heavy atom. The maximum absolute atomic E-state index is 4.37. The Labute approximate surface area is 90.6 Å². The summed E-state index contributed by atoms with van der Waals surface area (Å²) in [7, 11) is 0. The lowest BCUT2D eigenvalue weighted by atomic mass is 9.99. The molecule has 0 spiro atoms. The molecule has 0 aliphatic rings. The van der Waals surface area contributed by atoms with Crippen molar-refractivity contribution in [3.8, 4) is 0 Å². The minimum absolute atomic E-state index is 0.482. The molecule has 0 saturated heterocycles. The SMILES string of the molecule is C=C(c1cccnc1SCC)C(C)C. The van der Waals surface area contributed by atoms with E-state index in [1.54, 1.807) is 11.8 Å². The fraction of sp³-hybridized carbons (Fsp3) is 0.417. The van der Waals surface area contributed by atoms with Gasteiger partial charge in [0.05, 0.1) is 0 Å². The van der Waals surface area contributed by atoms with Gasteiger partial charge in [-0.05, 0) is 23.3 Å². The van der Waals surface area contributed by atoms with Gasteiger partial charge in [0.15, 0.2) is 0 Å². The van der Waals surface area contributed by atoms with Crippen molar-refractivity contribution in [3.63, 3.8) is 0 Å². The highest BCUT2D eigenvalue weighted by atomic mass is 32.2. The van der Waals surface area contributed by atoms with E-state index in [4.69, 9.17) is 0 Å². The van der Waals surface area contributed by atoms with Gasteiger partial charge < -0.3 is 0 Å². The van der Waals surface area contributed by atoms with E-state index in [0.717, 1.165) is 10.8 Å². The standard InChI is InChI=1S/C12H17NS/c1-5-14-12-11(7-6-8-13-12)10(4)9(2)3/h6-9H,4-5H2,1-3H3. The molecule has 0 atom stereocenters. The van der Waals surface area contributed by atoms with E-state index in [-0.39, 0.29) is 0 Å². The first-order chi connectivity index (χ1) is 6.66. The van der Waals surface area contributed by atoms with Crippen LogP contribution in [0.3, 0.4) is 0 Å². The van der Waals surface area contributed by atoms with Crippen LogP contribution < -0.4 is 0 Å². The monoisotopic (exact) mass is 207 g/mol. The van der Waals surface area contributed by atoms with Crippen LogP contribution in [0.4, 0.5) is 0 Å². The lowest BCUT2D eigenvalue weighted by Gasteiger charge is -2.12. The number of hydrogen-bond acceptors (Lipinski definition) is 2. The van der Waals surface area contributed by atoms with Crippen LogP contribution >= 0.6 is 11.8 Å². The molecule has 0 unspecified atom stereocenters. The van der Waals surface area contributed by atoms with Crippen LogP contribution in [0.5, 0.6) is 0 Å². The van der Waals surface area contributed by atoms with Crippen LogP contribution in [-0.2, 0) is 0 Å². The lowest BCUT2D eigenvalue weighted by molar-refractivity contribution is 0.850. The molecule has 1 aromatic rings. The summed E-state index contributed by atoms with van der Waals surface area (Å²) in [5, 5.41) is 1.11. The van der Waals surface area contributed by atoms with Gasteiger partial charge in [-0.2, -0.15) is 0 Å². The number of aromatic nitrogens is 1. The van der Waals surface area contributed by atoms with Crippen LogP contribution in [0.25, 0.3) is 5.57 Å². The van der Waals surface area contributed by atoms with Crippen molar-refractivity contribution in [2.45, 2.75) is 25.8 Å². The molecular formula is C12H17NS. The van der Waals surface area contributed by atoms with Crippen molar-refractivity contribution in [1.82, 2.24) is 4.98 Å². The van der Waals surface area contributed by atoms with Crippen molar-refractivity contribution in [3.05, 3.63) is 30.5 Å². The van der Waals surface area contributed by atoms with Crippen LogP contribution in [-0.4, -0.2) is 10.7 Å². The number of rotatable bonds is 4. The van der Waals surface area contributed by atoms with Gasteiger partial charge in [0.2, 0.25) is 0 Å². The largest absolute Gasteiger partial charge is 0.249 e. The molecule has 1 heterocycles. The maximum atomic E-state index is 4.37. The molecule has 0 N–H and O–H groups in total. The summed E-state index contributed by atoms with van der Waals surface area (Å²) >= 11 is 1.78. The van der Waals surface area contributed by atoms with Crippen LogP contribution in [0, 0.1) is 5.92 Å². The molecule has 1 rings (SSSR count). The van der Waals surface area contributed by atoms with Gasteiger partial charge in [-0.25, -0.2) is 4.98 Å². The average Bonchev–Trinajstić information content (AvgIpc) is 2.18. The van der Waals surface area contributed by atoms with Crippen LogP contribution in [0.2, 0.25) is 0 Å². The maximum Gasteiger partial charge on any atom is 0.103 e. The van der Waals surface area contributed by atoms with Gasteiger partial charge in [0.25, 0.3) is 0 Å². The van der Waals surface area contributed by atoms with Gasteiger partial charge in [-0.15, -0.1) is 11.8 Å². The molecule has 0 fully saturated rings. The summed E-state index contributed by atoms with van der Waals surface area (Å²) < 4.78 is 0. The summed E-state index contributed by atoms with van der Waals surface area (Å²) in [6, 6.07) is 4.08. The minimum Gasteiger partial charge on any atom is -0.249 e. The molecule has 1 aromatic heterocycles. The van der Waals surface area contributed by atoms with E-state index in [1.165, 1.54) is 11.1 Å². The Morgan fingerprint density at radius 1 is 1.57 bits per heavy atom. The topological polar surface area (TPSA) is 12.9 Å². The Bertz CT molecular complexity index is 318.